The summed E-state index contributed by atoms with van der Waals surface area (Å²) in [4.78, 5) is 72.9. The second-order valence-electron chi connectivity index (χ2n) is 16.9. The van der Waals surface area contributed by atoms with Crippen LogP contribution in [0.1, 0.15) is 88.2 Å². The number of methoxy groups -OCH3 is 1. The van der Waals surface area contributed by atoms with Crippen LogP contribution in [0.25, 0.3) is 10.9 Å². The van der Waals surface area contributed by atoms with Crippen LogP contribution < -0.4 is 34.9 Å². The van der Waals surface area contributed by atoms with Crippen LogP contribution in [0, 0.1) is 24.2 Å². The molecule has 0 radical (unpaired) electrons. The number of hydrogen-bond acceptors (Lipinski definition) is 12. The minimum absolute atomic E-state index is 0.00220. The molecule has 3 fully saturated rings. The fourth-order valence-corrected chi connectivity index (χ4v) is 9.26. The topological polar surface area (TPSA) is 229 Å². The Labute approximate surface area is 368 Å². The van der Waals surface area contributed by atoms with E-state index in [1.54, 1.807) is 13.2 Å². The molecule has 1 aromatic carbocycles. The molecule has 18 nitrogen and oxygen atoms in total. The number of hydrogen-bond donors (Lipinski definition) is 4. The number of allylic oxidation sites excluding steroid dienone is 2. The number of rotatable bonds is 22. The molecule has 4 N–H and O–H groups in total. The number of likely N-dealkylation sites (N-methyl/N-ethyl adjacent to an activating group) is 1. The summed E-state index contributed by atoms with van der Waals surface area (Å²) in [5.74, 6) is -1.80. The standard InChI is InChI=1S/C44H60N8O10S/c1-7-8-9-10-11-12-30-21-44(30,43(57)50-63(58,59)31-13-14-31)26-47-42(56)34-19-29(23-52(34)39(54)22-46-41(55)33-17-18-51(49-33)24-37(53)45-5)25-61-36-20-38(62-27(2)3)48-40-28(4)35(60-6)16-15-32(36)40/h11-12,15-18,20,27,29-31,34H,7-10,13-14,19,21-26H2,1-6H3,(H,45,53)(H,46,55)(H,47,56)(H,50,57)/b12-11-. The Kier molecular flexibility index (Phi) is 15.0. The summed E-state index contributed by atoms with van der Waals surface area (Å²) in [6.45, 7) is 7.30. The van der Waals surface area contributed by atoms with E-state index in [9.17, 15) is 32.4 Å². The highest BCUT2D eigenvalue weighted by Gasteiger charge is 2.60. The quantitative estimate of drug-likeness (QED) is 0.0843. The van der Waals surface area contributed by atoms with E-state index in [4.69, 9.17) is 19.2 Å². The fraction of sp³-hybridized carbons (Fsp3) is 0.568. The van der Waals surface area contributed by atoms with Gasteiger partial charge in [-0.1, -0.05) is 31.9 Å². The summed E-state index contributed by atoms with van der Waals surface area (Å²) in [6.07, 6.45) is 10.7. The fourth-order valence-electron chi connectivity index (χ4n) is 7.88. The van der Waals surface area contributed by atoms with E-state index in [1.165, 1.54) is 28.9 Å². The van der Waals surface area contributed by atoms with Crippen LogP contribution >= 0.6 is 0 Å². The first-order valence-corrected chi connectivity index (χ1v) is 23.2. The van der Waals surface area contributed by atoms with Gasteiger partial charge in [0.2, 0.25) is 39.5 Å². The van der Waals surface area contributed by atoms with Gasteiger partial charge in [0.1, 0.15) is 29.8 Å². The Bertz CT molecular complexity index is 2330. The van der Waals surface area contributed by atoms with E-state index in [0.717, 1.165) is 36.6 Å². The van der Waals surface area contributed by atoms with Gasteiger partial charge in [0.25, 0.3) is 5.91 Å². The lowest BCUT2D eigenvalue weighted by Crippen LogP contribution is -2.51. The number of fused-ring (bicyclic) bond motifs is 1. The van der Waals surface area contributed by atoms with Crippen LogP contribution in [-0.2, 0) is 35.7 Å². The van der Waals surface area contributed by atoms with Gasteiger partial charge >= 0.3 is 0 Å². The van der Waals surface area contributed by atoms with Crippen molar-refractivity contribution in [2.75, 3.05) is 40.4 Å². The summed E-state index contributed by atoms with van der Waals surface area (Å²) in [5.41, 5.74) is 0.250. The zero-order valence-corrected chi connectivity index (χ0v) is 37.7. The lowest BCUT2D eigenvalue weighted by molar-refractivity contribution is -0.138. The number of carbonyl (C=O) groups is 5. The summed E-state index contributed by atoms with van der Waals surface area (Å²) < 4.78 is 47.3. The van der Waals surface area contributed by atoms with Crippen LogP contribution in [0.2, 0.25) is 0 Å². The zero-order chi connectivity index (χ0) is 45.5. The van der Waals surface area contributed by atoms with Crippen molar-refractivity contribution in [1.29, 1.82) is 0 Å². The Balaban J connectivity index is 1.20. The van der Waals surface area contributed by atoms with Crippen molar-refractivity contribution in [3.8, 4) is 17.4 Å². The maximum absolute atomic E-state index is 14.2. The summed E-state index contributed by atoms with van der Waals surface area (Å²) in [5, 5.41) is 12.2. The molecule has 5 amide bonds. The highest BCUT2D eigenvalue weighted by Crippen LogP contribution is 2.54. The maximum atomic E-state index is 14.2. The number of aryl methyl sites for hydroxylation is 1. The van der Waals surface area contributed by atoms with Crippen molar-refractivity contribution in [1.82, 2.24) is 40.3 Å². The molecule has 1 aliphatic heterocycles. The van der Waals surface area contributed by atoms with Crippen molar-refractivity contribution < 1.29 is 46.6 Å². The molecule has 342 valence electrons. The number of aromatic nitrogens is 3. The molecule has 3 aliphatic rings. The zero-order valence-electron chi connectivity index (χ0n) is 36.9. The summed E-state index contributed by atoms with van der Waals surface area (Å²) in [6, 6.07) is 5.80. The smallest absolute Gasteiger partial charge is 0.272 e. The molecule has 4 unspecified atom stereocenters. The minimum Gasteiger partial charge on any atom is -0.496 e. The molecule has 3 heterocycles. The second kappa shape index (κ2) is 20.2. The van der Waals surface area contributed by atoms with Crippen LogP contribution in [0.5, 0.6) is 17.4 Å². The summed E-state index contributed by atoms with van der Waals surface area (Å²) >= 11 is 0. The molecule has 1 saturated heterocycles. The molecule has 0 bridgehead atoms. The molecule has 2 aliphatic carbocycles. The largest absolute Gasteiger partial charge is 0.496 e. The van der Waals surface area contributed by atoms with Gasteiger partial charge < -0.3 is 35.1 Å². The van der Waals surface area contributed by atoms with Crippen molar-refractivity contribution in [3.63, 3.8) is 0 Å². The van der Waals surface area contributed by atoms with Crippen molar-refractivity contribution in [2.45, 2.75) is 103 Å². The third-order valence-corrected chi connectivity index (χ3v) is 13.6. The molecular weight excluding hydrogens is 833 g/mol. The van der Waals surface area contributed by atoms with Gasteiger partial charge in [-0.2, -0.15) is 5.10 Å². The van der Waals surface area contributed by atoms with Crippen molar-refractivity contribution in [2.24, 2.45) is 17.3 Å². The van der Waals surface area contributed by atoms with Crippen LogP contribution in [0.15, 0.2) is 42.6 Å². The van der Waals surface area contributed by atoms with Gasteiger partial charge in [-0.3, -0.25) is 33.4 Å². The first kappa shape index (κ1) is 46.8. The van der Waals surface area contributed by atoms with E-state index in [2.05, 4.69) is 32.7 Å². The number of sulfonamides is 1. The van der Waals surface area contributed by atoms with E-state index < -0.39 is 56.9 Å². The van der Waals surface area contributed by atoms with Crippen molar-refractivity contribution >= 4 is 50.5 Å². The van der Waals surface area contributed by atoms with E-state index in [0.29, 0.717) is 42.2 Å². The molecule has 3 aromatic rings. The lowest BCUT2D eigenvalue weighted by atomic mass is 10.0. The van der Waals surface area contributed by atoms with Gasteiger partial charge in [-0.25, -0.2) is 13.4 Å². The Morgan fingerprint density at radius 1 is 1.06 bits per heavy atom. The SMILES string of the molecule is CCCCC/C=C\C1CC1(CNC(=O)C1CC(COc2cc(OC(C)C)nc3c(C)c(OC)ccc23)CN1C(=O)CNC(=O)c1ccn(CC(=O)NC)n1)C(=O)NS(=O)(=O)C1CC1. The number of ether oxygens (including phenoxy) is 3. The predicted octanol–water partition coefficient (Wildman–Crippen LogP) is 3.17. The van der Waals surface area contributed by atoms with Crippen LogP contribution in [0.3, 0.4) is 0 Å². The molecular formula is C44H60N8O10S. The normalized spacial score (nSPS) is 20.7. The minimum atomic E-state index is -3.84. The number of pyridine rings is 1. The number of likely N-dealkylation sites (tertiary alicyclic amines) is 1. The maximum Gasteiger partial charge on any atom is 0.272 e. The van der Waals surface area contributed by atoms with Gasteiger partial charge in [0, 0.05) is 49.3 Å². The first-order valence-electron chi connectivity index (χ1n) is 21.7. The Morgan fingerprint density at radius 2 is 1.84 bits per heavy atom. The highest BCUT2D eigenvalue weighted by molar-refractivity contribution is 7.90. The number of amides is 5. The van der Waals surface area contributed by atoms with Gasteiger partial charge in [-0.15, -0.1) is 0 Å². The van der Waals surface area contributed by atoms with Gasteiger partial charge in [0.15, 0.2) is 0 Å². The van der Waals surface area contributed by atoms with Crippen LogP contribution in [0.4, 0.5) is 0 Å². The number of nitrogens with zero attached hydrogens (tertiary/aromatic N) is 4. The van der Waals surface area contributed by atoms with E-state index in [1.807, 2.05) is 45.1 Å². The molecule has 4 atom stereocenters. The van der Waals surface area contributed by atoms with Crippen LogP contribution in [-0.4, -0.2) is 115 Å². The Hall–Kier alpha value is -5.72. The molecule has 19 heteroatoms. The van der Waals surface area contributed by atoms with Crippen molar-refractivity contribution in [3.05, 3.63) is 53.9 Å². The van der Waals surface area contributed by atoms with E-state index >= 15 is 0 Å². The third-order valence-electron chi connectivity index (χ3n) is 11.7. The molecule has 6 rings (SSSR count). The van der Waals surface area contributed by atoms with E-state index in [-0.39, 0.29) is 62.2 Å². The number of unbranched alkanes of at least 4 members (excludes halogenated alkanes) is 3. The number of carbonyl (C=O) groups excluding carboxylic acids is 5. The average Bonchev–Trinajstić information content (AvgIpc) is 4.14. The Morgan fingerprint density at radius 3 is 2.54 bits per heavy atom. The predicted molar refractivity (Wildman–Crippen MR) is 233 cm³/mol. The second-order valence-corrected chi connectivity index (χ2v) is 18.9. The number of benzene rings is 1. The molecule has 0 spiro atoms. The van der Waals surface area contributed by atoms with Gasteiger partial charge in [0.05, 0.1) is 42.5 Å². The average molecular weight is 893 g/mol. The lowest BCUT2D eigenvalue weighted by Gasteiger charge is -2.25. The monoisotopic (exact) mass is 892 g/mol. The first-order chi connectivity index (χ1) is 30.1. The molecule has 2 saturated carbocycles. The molecule has 63 heavy (non-hydrogen) atoms. The third kappa shape index (κ3) is 11.5. The highest BCUT2D eigenvalue weighted by atomic mass is 32.2. The summed E-state index contributed by atoms with van der Waals surface area (Å²) in [7, 11) is -0.776. The number of nitrogens with one attached hydrogen (secondary N) is 4. The van der Waals surface area contributed by atoms with Gasteiger partial charge in [-0.05, 0) is 83.4 Å². The molecule has 2 aromatic heterocycles.